The molecule has 21 heavy (non-hydrogen) atoms. The van der Waals surface area contributed by atoms with Crippen LogP contribution in [0.25, 0.3) is 0 Å². The first-order valence-corrected chi connectivity index (χ1v) is 8.10. The second-order valence-corrected chi connectivity index (χ2v) is 7.16. The van der Waals surface area contributed by atoms with Crippen LogP contribution in [0.3, 0.4) is 0 Å². The second kappa shape index (κ2) is 6.48. The van der Waals surface area contributed by atoms with Crippen LogP contribution in [0.1, 0.15) is 23.7 Å². The summed E-state index contributed by atoms with van der Waals surface area (Å²) in [5.41, 5.74) is -0.234. The molecule has 0 aliphatic heterocycles. The summed E-state index contributed by atoms with van der Waals surface area (Å²) in [7, 11) is -4.22. The predicted octanol–water partition coefficient (Wildman–Crippen LogP) is 2.61. The minimum atomic E-state index is -4.50. The fourth-order valence-corrected chi connectivity index (χ4v) is 3.39. The highest BCUT2D eigenvalue weighted by molar-refractivity contribution is 14.1. The molecule has 0 heterocycles. The highest BCUT2D eigenvalue weighted by atomic mass is 127. The molecule has 0 aromatic heterocycles. The lowest BCUT2D eigenvalue weighted by Crippen LogP contribution is -2.36. The summed E-state index contributed by atoms with van der Waals surface area (Å²) in [6.07, 6.45) is -5.82. The Morgan fingerprint density at radius 2 is 2.00 bits per heavy atom. The Labute approximate surface area is 132 Å². The van der Waals surface area contributed by atoms with Gasteiger partial charge in [0.25, 0.3) is 0 Å². The van der Waals surface area contributed by atoms with Gasteiger partial charge in [-0.3, -0.25) is 0 Å². The number of halogens is 4. The molecule has 0 fully saturated rings. The van der Waals surface area contributed by atoms with Crippen LogP contribution < -0.4 is 4.72 Å². The van der Waals surface area contributed by atoms with Gasteiger partial charge in [0, 0.05) is 9.61 Å². The van der Waals surface area contributed by atoms with Crippen LogP contribution in [0.15, 0.2) is 23.1 Å². The lowest BCUT2D eigenvalue weighted by molar-refractivity contribution is -0.137. The maximum Gasteiger partial charge on any atom is 0.390 e. The van der Waals surface area contributed by atoms with Gasteiger partial charge in [-0.05, 0) is 47.7 Å². The van der Waals surface area contributed by atoms with Crippen LogP contribution in [0.4, 0.5) is 13.2 Å². The molecule has 118 valence electrons. The van der Waals surface area contributed by atoms with Crippen LogP contribution in [0.5, 0.6) is 0 Å². The minimum Gasteiger partial charge on any atom is -0.478 e. The van der Waals surface area contributed by atoms with Gasteiger partial charge < -0.3 is 5.11 Å². The number of rotatable bonds is 5. The van der Waals surface area contributed by atoms with E-state index in [1.807, 2.05) is 4.72 Å². The fraction of sp³-hybridized carbons (Fsp3) is 0.364. The molecule has 0 aliphatic rings. The maximum atomic E-state index is 12.2. The van der Waals surface area contributed by atoms with E-state index < -0.39 is 39.5 Å². The Balaban J connectivity index is 3.04. The van der Waals surface area contributed by atoms with Crippen LogP contribution in [-0.4, -0.2) is 31.7 Å². The summed E-state index contributed by atoms with van der Waals surface area (Å²) in [6, 6.07) is 1.96. The molecule has 1 aromatic carbocycles. The summed E-state index contributed by atoms with van der Waals surface area (Å²) in [5.74, 6) is -1.32. The van der Waals surface area contributed by atoms with Gasteiger partial charge in [-0.1, -0.05) is 0 Å². The molecule has 0 saturated carbocycles. The third kappa shape index (κ3) is 5.43. The molecule has 0 saturated heterocycles. The third-order valence-electron chi connectivity index (χ3n) is 2.37. The molecule has 1 aromatic rings. The molecule has 2 N–H and O–H groups in total. The third-order valence-corrected chi connectivity index (χ3v) is 4.90. The molecule has 0 spiro atoms. The van der Waals surface area contributed by atoms with Gasteiger partial charge in [0.15, 0.2) is 0 Å². The average molecular weight is 437 g/mol. The van der Waals surface area contributed by atoms with E-state index in [-0.39, 0.29) is 5.56 Å². The van der Waals surface area contributed by atoms with Crippen molar-refractivity contribution in [1.82, 2.24) is 4.72 Å². The summed E-state index contributed by atoms with van der Waals surface area (Å²) < 4.78 is 62.7. The molecule has 0 amide bonds. The van der Waals surface area contributed by atoms with E-state index in [1.54, 1.807) is 22.6 Å². The molecule has 0 bridgehead atoms. The number of carbonyl (C=O) groups is 1. The molecule has 1 unspecified atom stereocenters. The van der Waals surface area contributed by atoms with Gasteiger partial charge in [-0.2, -0.15) is 13.2 Å². The van der Waals surface area contributed by atoms with E-state index >= 15 is 0 Å². The first kappa shape index (κ1) is 18.2. The van der Waals surface area contributed by atoms with Crippen molar-refractivity contribution in [3.05, 3.63) is 27.3 Å². The summed E-state index contributed by atoms with van der Waals surface area (Å²) in [4.78, 5) is 10.5. The molecule has 5 nitrogen and oxygen atoms in total. The molecule has 0 radical (unpaired) electrons. The van der Waals surface area contributed by atoms with Crippen molar-refractivity contribution in [3.63, 3.8) is 0 Å². The number of carboxylic acids is 1. The highest BCUT2D eigenvalue weighted by Gasteiger charge is 2.32. The van der Waals surface area contributed by atoms with Gasteiger partial charge in [-0.25, -0.2) is 17.9 Å². The summed E-state index contributed by atoms with van der Waals surface area (Å²) >= 11 is 1.72. The molecule has 1 atom stereocenters. The first-order chi connectivity index (χ1) is 9.42. The Morgan fingerprint density at radius 3 is 2.48 bits per heavy atom. The number of hydrogen-bond acceptors (Lipinski definition) is 3. The lowest BCUT2D eigenvalue weighted by Gasteiger charge is -2.16. The maximum absolute atomic E-state index is 12.2. The zero-order valence-electron chi connectivity index (χ0n) is 10.6. The van der Waals surface area contributed by atoms with Crippen molar-refractivity contribution in [2.24, 2.45) is 0 Å². The molecular formula is C11H11F3INO4S. The zero-order valence-corrected chi connectivity index (χ0v) is 13.6. The van der Waals surface area contributed by atoms with E-state index in [0.717, 1.165) is 19.1 Å². The van der Waals surface area contributed by atoms with E-state index in [4.69, 9.17) is 5.11 Å². The van der Waals surface area contributed by atoms with Gasteiger partial charge >= 0.3 is 12.1 Å². The highest BCUT2D eigenvalue weighted by Crippen LogP contribution is 2.23. The molecule has 10 heteroatoms. The van der Waals surface area contributed by atoms with Crippen molar-refractivity contribution in [3.8, 4) is 0 Å². The lowest BCUT2D eigenvalue weighted by atomic mass is 10.2. The van der Waals surface area contributed by atoms with Crippen molar-refractivity contribution in [2.45, 2.75) is 30.5 Å². The Kier molecular flexibility index (Phi) is 5.61. The van der Waals surface area contributed by atoms with Crippen LogP contribution in [0.2, 0.25) is 0 Å². The number of alkyl halides is 3. The SMILES string of the molecule is CC(CC(F)(F)F)NS(=O)(=O)c1ccc(I)c(C(=O)O)c1. The number of sulfonamides is 1. The zero-order chi connectivity index (χ0) is 16.4. The van der Waals surface area contributed by atoms with E-state index in [2.05, 4.69) is 0 Å². The predicted molar refractivity (Wildman–Crippen MR) is 76.6 cm³/mol. The van der Waals surface area contributed by atoms with Gasteiger partial charge in [0.05, 0.1) is 16.9 Å². The molecular weight excluding hydrogens is 426 g/mol. The van der Waals surface area contributed by atoms with Crippen molar-refractivity contribution < 1.29 is 31.5 Å². The van der Waals surface area contributed by atoms with Gasteiger partial charge in [0.2, 0.25) is 10.0 Å². The van der Waals surface area contributed by atoms with E-state index in [9.17, 15) is 26.4 Å². The number of carboxylic acid groups (broad SMARTS) is 1. The molecule has 0 aliphatic carbocycles. The average Bonchev–Trinajstić information content (AvgIpc) is 2.24. The van der Waals surface area contributed by atoms with Crippen LogP contribution >= 0.6 is 22.6 Å². The van der Waals surface area contributed by atoms with E-state index in [1.165, 1.54) is 6.07 Å². The fourth-order valence-electron chi connectivity index (χ4n) is 1.56. The summed E-state index contributed by atoms with van der Waals surface area (Å²) in [6.45, 7) is 1.08. The first-order valence-electron chi connectivity index (χ1n) is 5.54. The van der Waals surface area contributed by atoms with Gasteiger partial charge in [0.1, 0.15) is 0 Å². The topological polar surface area (TPSA) is 83.5 Å². The number of nitrogens with one attached hydrogen (secondary N) is 1. The minimum absolute atomic E-state index is 0.234. The Morgan fingerprint density at radius 1 is 1.43 bits per heavy atom. The summed E-state index contributed by atoms with van der Waals surface area (Å²) in [5, 5.41) is 8.92. The molecule has 1 rings (SSSR count). The quantitative estimate of drug-likeness (QED) is 0.694. The van der Waals surface area contributed by atoms with Crippen LogP contribution in [-0.2, 0) is 10.0 Å². The van der Waals surface area contributed by atoms with Crippen molar-refractivity contribution >= 4 is 38.6 Å². The van der Waals surface area contributed by atoms with E-state index in [0.29, 0.717) is 3.57 Å². The largest absolute Gasteiger partial charge is 0.478 e. The number of aromatic carboxylic acids is 1. The monoisotopic (exact) mass is 437 g/mol. The Hall–Kier alpha value is -0.880. The van der Waals surface area contributed by atoms with Crippen molar-refractivity contribution in [2.75, 3.05) is 0 Å². The number of hydrogen-bond donors (Lipinski definition) is 2. The van der Waals surface area contributed by atoms with Crippen LogP contribution in [0, 0.1) is 3.57 Å². The number of benzene rings is 1. The van der Waals surface area contributed by atoms with Gasteiger partial charge in [-0.15, -0.1) is 0 Å². The second-order valence-electron chi connectivity index (χ2n) is 4.29. The van der Waals surface area contributed by atoms with Crippen molar-refractivity contribution in [1.29, 1.82) is 0 Å². The Bertz CT molecular complexity index is 645. The standard InChI is InChI=1S/C11H11F3INO4S/c1-6(5-11(12,13)14)16-21(19,20)7-2-3-9(15)8(4-7)10(17)18/h2-4,6,16H,5H2,1H3,(H,17,18). The smallest absolute Gasteiger partial charge is 0.390 e. The normalized spacial score (nSPS) is 14.0.